The maximum Gasteiger partial charge on any atom is 0.414 e. The van der Waals surface area contributed by atoms with E-state index in [2.05, 4.69) is 0 Å². The molecule has 0 radical (unpaired) electrons. The van der Waals surface area contributed by atoms with Gasteiger partial charge in [-0.2, -0.15) is 0 Å². The third-order valence-corrected chi connectivity index (χ3v) is 5.00. The number of anilines is 2. The van der Waals surface area contributed by atoms with E-state index in [9.17, 15) is 13.6 Å². The lowest BCUT2D eigenvalue weighted by Gasteiger charge is -2.43. The van der Waals surface area contributed by atoms with Gasteiger partial charge in [0, 0.05) is 33.7 Å². The van der Waals surface area contributed by atoms with Crippen molar-refractivity contribution in [2.45, 2.75) is 24.5 Å². The van der Waals surface area contributed by atoms with Crippen LogP contribution in [0.3, 0.4) is 0 Å². The summed E-state index contributed by atoms with van der Waals surface area (Å²) in [6.45, 7) is 0.794. The third kappa shape index (κ3) is 3.22. The molecule has 0 aromatic heterocycles. The Morgan fingerprint density at radius 3 is 2.62 bits per heavy atom. The van der Waals surface area contributed by atoms with E-state index >= 15 is 0 Å². The van der Waals surface area contributed by atoms with Crippen LogP contribution in [0.2, 0.25) is 0 Å². The highest BCUT2D eigenvalue weighted by Crippen LogP contribution is 2.34. The number of halogens is 2. The van der Waals surface area contributed by atoms with Crippen LogP contribution >= 0.6 is 0 Å². The number of hydrogen-bond acceptors (Lipinski definition) is 6. The molecule has 7 nitrogen and oxygen atoms in total. The second-order valence-corrected chi connectivity index (χ2v) is 6.37. The Kier molecular flexibility index (Phi) is 5.31. The Bertz CT molecular complexity index is 671. The van der Waals surface area contributed by atoms with Gasteiger partial charge in [-0.25, -0.2) is 13.6 Å². The van der Waals surface area contributed by atoms with Crippen LogP contribution in [-0.4, -0.2) is 64.6 Å². The van der Waals surface area contributed by atoms with E-state index in [0.717, 1.165) is 0 Å². The molecule has 2 saturated heterocycles. The minimum absolute atomic E-state index is 0.0566. The van der Waals surface area contributed by atoms with Crippen LogP contribution in [0.15, 0.2) is 18.2 Å². The fraction of sp³-hybridized carbons (Fsp3) is 0.588. The molecule has 26 heavy (non-hydrogen) atoms. The van der Waals surface area contributed by atoms with E-state index in [4.69, 9.17) is 19.9 Å². The maximum atomic E-state index is 14.6. The van der Waals surface area contributed by atoms with Gasteiger partial charge in [0.05, 0.1) is 24.5 Å². The van der Waals surface area contributed by atoms with Gasteiger partial charge in [0.2, 0.25) is 5.79 Å². The molecule has 0 spiro atoms. The number of piperidine rings is 1. The summed E-state index contributed by atoms with van der Waals surface area (Å²) in [6, 6.07) is 4.39. The highest BCUT2D eigenvalue weighted by atomic mass is 19.1. The van der Waals surface area contributed by atoms with E-state index in [1.165, 1.54) is 31.3 Å². The quantitative estimate of drug-likeness (QED) is 0.793. The van der Waals surface area contributed by atoms with Crippen molar-refractivity contribution in [1.82, 2.24) is 0 Å². The molecular formula is C17H23F2N3O4. The summed E-state index contributed by atoms with van der Waals surface area (Å²) in [6.07, 6.45) is -2.13. The number of rotatable bonds is 5. The predicted molar refractivity (Wildman–Crippen MR) is 91.5 cm³/mol. The number of methoxy groups -OCH3 is 2. The number of amides is 1. The van der Waals surface area contributed by atoms with Gasteiger partial charge >= 0.3 is 6.09 Å². The van der Waals surface area contributed by atoms with Crippen molar-refractivity contribution in [3.8, 4) is 0 Å². The number of cyclic esters (lactones) is 1. The Hall–Kier alpha value is -1.97. The molecule has 2 heterocycles. The normalized spacial score (nSPS) is 25.5. The zero-order chi connectivity index (χ0) is 18.9. The zero-order valence-corrected chi connectivity index (χ0v) is 14.8. The van der Waals surface area contributed by atoms with Crippen molar-refractivity contribution in [3.05, 3.63) is 24.0 Å². The summed E-state index contributed by atoms with van der Waals surface area (Å²) >= 11 is 0. The van der Waals surface area contributed by atoms with Gasteiger partial charge in [0.15, 0.2) is 6.17 Å². The number of hydrogen-bond donors (Lipinski definition) is 1. The standard InChI is InChI=1S/C17H23F2N3O4/c1-24-17(25-2)5-6-21(10-15(17)19)14-4-3-11(7-13(14)18)22-9-12(8-20)26-16(22)23/h3-4,7,12,15H,5-6,8-10,20H2,1-2H3/t12-,15?/m0/s1. The van der Waals surface area contributed by atoms with Gasteiger partial charge < -0.3 is 24.8 Å². The van der Waals surface area contributed by atoms with Crippen LogP contribution < -0.4 is 15.5 Å². The van der Waals surface area contributed by atoms with Crippen molar-refractivity contribution in [1.29, 1.82) is 0 Å². The Morgan fingerprint density at radius 2 is 2.08 bits per heavy atom. The van der Waals surface area contributed by atoms with E-state index in [0.29, 0.717) is 12.2 Å². The molecule has 0 saturated carbocycles. The highest BCUT2D eigenvalue weighted by Gasteiger charge is 2.45. The van der Waals surface area contributed by atoms with Gasteiger partial charge in [-0.05, 0) is 18.2 Å². The lowest BCUT2D eigenvalue weighted by molar-refractivity contribution is -0.249. The second kappa shape index (κ2) is 7.34. The Labute approximate surface area is 150 Å². The first-order chi connectivity index (χ1) is 12.4. The van der Waals surface area contributed by atoms with Crippen molar-refractivity contribution in [2.24, 2.45) is 5.73 Å². The molecule has 2 atom stereocenters. The summed E-state index contributed by atoms with van der Waals surface area (Å²) in [5.74, 6) is -1.84. The van der Waals surface area contributed by atoms with E-state index in [-0.39, 0.29) is 31.7 Å². The smallest absolute Gasteiger partial charge is 0.414 e. The third-order valence-electron chi connectivity index (χ3n) is 5.00. The van der Waals surface area contributed by atoms with E-state index in [1.54, 1.807) is 11.0 Å². The summed E-state index contributed by atoms with van der Waals surface area (Å²) in [5, 5.41) is 0. The van der Waals surface area contributed by atoms with Crippen LogP contribution in [0.5, 0.6) is 0 Å². The molecule has 2 N–H and O–H groups in total. The molecule has 1 aromatic carbocycles. The predicted octanol–water partition coefficient (Wildman–Crippen LogP) is 1.65. The van der Waals surface area contributed by atoms with Gasteiger partial charge in [0.1, 0.15) is 11.9 Å². The van der Waals surface area contributed by atoms with Crippen molar-refractivity contribution in [3.63, 3.8) is 0 Å². The number of benzene rings is 1. The molecule has 9 heteroatoms. The number of nitrogens with two attached hydrogens (primary N) is 1. The van der Waals surface area contributed by atoms with Crippen molar-refractivity contribution >= 4 is 17.5 Å². The molecule has 2 aliphatic heterocycles. The first-order valence-electron chi connectivity index (χ1n) is 8.41. The second-order valence-electron chi connectivity index (χ2n) is 6.37. The molecule has 2 aliphatic rings. The Balaban J connectivity index is 1.76. The van der Waals surface area contributed by atoms with Crippen LogP contribution in [0.4, 0.5) is 25.0 Å². The molecule has 2 fully saturated rings. The summed E-state index contributed by atoms with van der Waals surface area (Å²) in [5.41, 5.74) is 6.15. The van der Waals surface area contributed by atoms with Gasteiger partial charge in [0.25, 0.3) is 0 Å². The number of nitrogens with zero attached hydrogens (tertiary/aromatic N) is 2. The largest absolute Gasteiger partial charge is 0.443 e. The van der Waals surface area contributed by atoms with Gasteiger partial charge in [-0.15, -0.1) is 0 Å². The van der Waals surface area contributed by atoms with Crippen LogP contribution in [0.1, 0.15) is 6.42 Å². The minimum Gasteiger partial charge on any atom is -0.443 e. The van der Waals surface area contributed by atoms with E-state index < -0.39 is 30.0 Å². The molecule has 0 aliphatic carbocycles. The molecule has 1 amide bonds. The SMILES string of the molecule is COC1(OC)CCN(c2ccc(N3C[C@H](CN)OC3=O)cc2F)CC1F. The summed E-state index contributed by atoms with van der Waals surface area (Å²) in [7, 11) is 2.79. The van der Waals surface area contributed by atoms with Crippen molar-refractivity contribution < 1.29 is 27.8 Å². The van der Waals surface area contributed by atoms with Crippen molar-refractivity contribution in [2.75, 3.05) is 50.2 Å². The molecule has 144 valence electrons. The zero-order valence-electron chi connectivity index (χ0n) is 14.8. The summed E-state index contributed by atoms with van der Waals surface area (Å²) in [4.78, 5) is 14.8. The first kappa shape index (κ1) is 18.8. The molecule has 0 bridgehead atoms. The fourth-order valence-corrected chi connectivity index (χ4v) is 3.41. The Morgan fingerprint density at radius 1 is 1.35 bits per heavy atom. The topological polar surface area (TPSA) is 77.3 Å². The highest BCUT2D eigenvalue weighted by molar-refractivity contribution is 5.90. The monoisotopic (exact) mass is 371 g/mol. The lowest BCUT2D eigenvalue weighted by Crippen LogP contribution is -2.56. The molecule has 3 rings (SSSR count). The number of alkyl halides is 1. The fourth-order valence-electron chi connectivity index (χ4n) is 3.41. The van der Waals surface area contributed by atoms with Crippen LogP contribution in [0.25, 0.3) is 0 Å². The maximum absolute atomic E-state index is 14.6. The van der Waals surface area contributed by atoms with Gasteiger partial charge in [-0.3, -0.25) is 4.90 Å². The molecular weight excluding hydrogens is 348 g/mol. The number of carbonyl (C=O) groups is 1. The summed E-state index contributed by atoms with van der Waals surface area (Å²) < 4.78 is 44.6. The average Bonchev–Trinajstić information content (AvgIpc) is 3.03. The van der Waals surface area contributed by atoms with Crippen LogP contribution in [0, 0.1) is 5.82 Å². The minimum atomic E-state index is -1.43. The first-order valence-corrected chi connectivity index (χ1v) is 8.41. The molecule has 1 aromatic rings. The van der Waals surface area contributed by atoms with E-state index in [1.807, 2.05) is 0 Å². The van der Waals surface area contributed by atoms with Crippen LogP contribution in [-0.2, 0) is 14.2 Å². The molecule has 1 unspecified atom stereocenters. The average molecular weight is 371 g/mol. The van der Waals surface area contributed by atoms with Gasteiger partial charge in [-0.1, -0.05) is 0 Å². The number of ether oxygens (including phenoxy) is 3. The lowest BCUT2D eigenvalue weighted by atomic mass is 10.0. The number of carbonyl (C=O) groups excluding carboxylic acids is 1.